The van der Waals surface area contributed by atoms with E-state index in [1.165, 1.54) is 77.0 Å². The first kappa shape index (κ1) is 30.0. The van der Waals surface area contributed by atoms with E-state index in [1.54, 1.807) is 17.3 Å². The van der Waals surface area contributed by atoms with Crippen LogP contribution in [0.4, 0.5) is 0 Å². The van der Waals surface area contributed by atoms with Gasteiger partial charge in [-0.2, -0.15) is 0 Å². The van der Waals surface area contributed by atoms with Crippen molar-refractivity contribution in [2.24, 2.45) is 46.3 Å². The van der Waals surface area contributed by atoms with Gasteiger partial charge in [-0.05, 0) is 104 Å². The number of fused-ring (bicyclic) bond motifs is 5. The van der Waals surface area contributed by atoms with Gasteiger partial charge in [0.05, 0.1) is 0 Å². The van der Waals surface area contributed by atoms with Crippen molar-refractivity contribution in [1.29, 1.82) is 0 Å². The molecule has 0 aromatic carbocycles. The van der Waals surface area contributed by atoms with Gasteiger partial charge in [0.15, 0.2) is 0 Å². The molecule has 0 N–H and O–H groups in total. The summed E-state index contributed by atoms with van der Waals surface area (Å²) in [6, 6.07) is 0. The standard InChI is InChI=1S/C34H57ClOS/c1-7-8-9-13-31(35)32(36)37-26-18-20-33(5)25(22-26)14-15-27-29-17-16-28(24(4)12-10-11-23(2)3)34(29,6)21-19-30(27)33/h14,23-24,26-31H,7-13,15-22H2,1-6H3/t24-,26-,27-,28+,29-,30-,31-,33-,34+/m0/s1. The quantitative estimate of drug-likeness (QED) is 0.145. The first-order chi connectivity index (χ1) is 17.6. The minimum absolute atomic E-state index is 0.230. The van der Waals surface area contributed by atoms with Crippen LogP contribution in [0.25, 0.3) is 0 Å². The van der Waals surface area contributed by atoms with E-state index in [9.17, 15) is 4.79 Å². The highest BCUT2D eigenvalue weighted by Crippen LogP contribution is 2.67. The van der Waals surface area contributed by atoms with Gasteiger partial charge in [-0.25, -0.2) is 0 Å². The summed E-state index contributed by atoms with van der Waals surface area (Å²) in [7, 11) is 0. The molecule has 212 valence electrons. The normalized spacial score (nSPS) is 38.9. The Bertz CT molecular complexity index is 806. The van der Waals surface area contributed by atoms with Crippen molar-refractivity contribution in [2.45, 2.75) is 148 Å². The maximum atomic E-state index is 12.8. The first-order valence-corrected chi connectivity index (χ1v) is 17.5. The molecule has 0 amide bonds. The average molecular weight is 549 g/mol. The monoisotopic (exact) mass is 548 g/mol. The third kappa shape index (κ3) is 6.36. The van der Waals surface area contributed by atoms with Crippen molar-refractivity contribution in [1.82, 2.24) is 0 Å². The lowest BCUT2D eigenvalue weighted by Crippen LogP contribution is -2.50. The number of alkyl halides is 1. The van der Waals surface area contributed by atoms with Gasteiger partial charge in [-0.3, -0.25) is 4.79 Å². The maximum absolute atomic E-state index is 12.8. The molecule has 0 spiro atoms. The van der Waals surface area contributed by atoms with Crippen LogP contribution in [0, 0.1) is 46.3 Å². The van der Waals surface area contributed by atoms with Gasteiger partial charge >= 0.3 is 0 Å². The highest BCUT2D eigenvalue weighted by molar-refractivity contribution is 8.14. The number of allylic oxidation sites excluding steroid dienone is 2. The summed E-state index contributed by atoms with van der Waals surface area (Å²) in [6.45, 7) is 14.8. The molecule has 1 nitrogen and oxygen atoms in total. The summed E-state index contributed by atoms with van der Waals surface area (Å²) >= 11 is 8.08. The van der Waals surface area contributed by atoms with Crippen LogP contribution in [0.2, 0.25) is 0 Å². The van der Waals surface area contributed by atoms with E-state index in [4.69, 9.17) is 11.6 Å². The molecule has 0 saturated heterocycles. The number of hydrogen-bond acceptors (Lipinski definition) is 2. The zero-order valence-corrected chi connectivity index (χ0v) is 26.6. The Morgan fingerprint density at radius 1 is 1.00 bits per heavy atom. The fourth-order valence-corrected chi connectivity index (χ4v) is 11.1. The second kappa shape index (κ2) is 12.7. The van der Waals surface area contributed by atoms with Crippen LogP contribution in [0.5, 0.6) is 0 Å². The molecular weight excluding hydrogens is 492 g/mol. The van der Waals surface area contributed by atoms with Gasteiger partial charge < -0.3 is 0 Å². The molecule has 0 heterocycles. The molecule has 0 aliphatic heterocycles. The van der Waals surface area contributed by atoms with Crippen LogP contribution in [0.3, 0.4) is 0 Å². The van der Waals surface area contributed by atoms with E-state index < -0.39 is 0 Å². The minimum atomic E-state index is -0.298. The Balaban J connectivity index is 1.38. The summed E-state index contributed by atoms with van der Waals surface area (Å²) < 4.78 is 0. The minimum Gasteiger partial charge on any atom is -0.286 e. The topological polar surface area (TPSA) is 17.1 Å². The zero-order valence-electron chi connectivity index (χ0n) is 25.0. The van der Waals surface area contributed by atoms with Crippen molar-refractivity contribution in [3.63, 3.8) is 0 Å². The summed E-state index contributed by atoms with van der Waals surface area (Å²) in [6.07, 6.45) is 21.9. The van der Waals surface area contributed by atoms with E-state index in [0.717, 1.165) is 54.8 Å². The molecule has 0 unspecified atom stereocenters. The number of carbonyl (C=O) groups is 1. The van der Waals surface area contributed by atoms with Crippen LogP contribution in [0.15, 0.2) is 11.6 Å². The lowest BCUT2D eigenvalue weighted by Gasteiger charge is -2.58. The SMILES string of the molecule is CCCCC[C@H](Cl)C(=O)S[C@H]1CC[C@@]2(C)C(=CC[C@H]3[C@@H]4CC[C@H]([C@@H](C)CCCC(C)C)[C@@]4(C)CC[C@@H]32)C1. The van der Waals surface area contributed by atoms with E-state index in [-0.39, 0.29) is 10.5 Å². The summed E-state index contributed by atoms with van der Waals surface area (Å²) in [5.41, 5.74) is 2.63. The molecule has 0 bridgehead atoms. The molecule has 4 rings (SSSR count). The van der Waals surface area contributed by atoms with E-state index >= 15 is 0 Å². The van der Waals surface area contributed by atoms with Crippen LogP contribution in [-0.4, -0.2) is 15.7 Å². The van der Waals surface area contributed by atoms with Crippen molar-refractivity contribution < 1.29 is 4.79 Å². The lowest BCUT2D eigenvalue weighted by atomic mass is 9.47. The molecule has 3 heteroatoms. The summed E-state index contributed by atoms with van der Waals surface area (Å²) in [5, 5.41) is 0.370. The third-order valence-corrected chi connectivity index (χ3v) is 13.7. The van der Waals surface area contributed by atoms with Crippen LogP contribution in [-0.2, 0) is 4.79 Å². The maximum Gasteiger partial charge on any atom is 0.207 e. The fourth-order valence-electron chi connectivity index (χ4n) is 9.68. The van der Waals surface area contributed by atoms with E-state index in [1.807, 2.05) is 0 Å². The van der Waals surface area contributed by atoms with Crippen LogP contribution in [0.1, 0.15) is 138 Å². The Labute approximate surface area is 239 Å². The molecular formula is C34H57ClOS. The van der Waals surface area contributed by atoms with Gasteiger partial charge in [-0.15, -0.1) is 11.6 Å². The van der Waals surface area contributed by atoms with Crippen LogP contribution < -0.4 is 0 Å². The smallest absolute Gasteiger partial charge is 0.207 e. The van der Waals surface area contributed by atoms with Crippen molar-refractivity contribution in [2.75, 3.05) is 0 Å². The zero-order chi connectivity index (χ0) is 26.8. The predicted molar refractivity (Wildman–Crippen MR) is 163 cm³/mol. The Morgan fingerprint density at radius 3 is 2.51 bits per heavy atom. The molecule has 3 saturated carbocycles. The van der Waals surface area contributed by atoms with Gasteiger partial charge in [0.25, 0.3) is 0 Å². The van der Waals surface area contributed by atoms with Gasteiger partial charge in [0.1, 0.15) is 5.38 Å². The Kier molecular flexibility index (Phi) is 10.3. The Hall–Kier alpha value is 0.0500. The number of thioether (sulfide) groups is 1. The summed E-state index contributed by atoms with van der Waals surface area (Å²) in [4.78, 5) is 12.8. The highest BCUT2D eigenvalue weighted by Gasteiger charge is 2.59. The third-order valence-electron chi connectivity index (χ3n) is 11.9. The molecule has 4 aliphatic rings. The highest BCUT2D eigenvalue weighted by atomic mass is 35.5. The van der Waals surface area contributed by atoms with Gasteiger partial charge in [-0.1, -0.05) is 103 Å². The summed E-state index contributed by atoms with van der Waals surface area (Å²) in [5.74, 6) is 5.32. The van der Waals surface area contributed by atoms with Crippen molar-refractivity contribution >= 4 is 28.5 Å². The molecule has 0 aromatic heterocycles. The molecule has 4 aliphatic carbocycles. The first-order valence-electron chi connectivity index (χ1n) is 16.1. The average Bonchev–Trinajstić information content (AvgIpc) is 3.21. The van der Waals surface area contributed by atoms with Crippen molar-refractivity contribution in [3.8, 4) is 0 Å². The van der Waals surface area contributed by atoms with Gasteiger partial charge in [0.2, 0.25) is 5.12 Å². The largest absolute Gasteiger partial charge is 0.286 e. The Morgan fingerprint density at radius 2 is 1.78 bits per heavy atom. The van der Waals surface area contributed by atoms with Crippen molar-refractivity contribution in [3.05, 3.63) is 11.6 Å². The van der Waals surface area contributed by atoms with E-state index in [0.29, 0.717) is 16.1 Å². The molecule has 0 aromatic rings. The van der Waals surface area contributed by atoms with Crippen LogP contribution >= 0.6 is 23.4 Å². The predicted octanol–water partition coefficient (Wildman–Crippen LogP) is 10.8. The fraction of sp³-hybridized carbons (Fsp3) is 0.912. The number of halogens is 1. The number of hydrogen-bond donors (Lipinski definition) is 0. The lowest BCUT2D eigenvalue weighted by molar-refractivity contribution is -0.110. The number of rotatable bonds is 11. The molecule has 37 heavy (non-hydrogen) atoms. The number of carbonyl (C=O) groups excluding carboxylic acids is 1. The molecule has 9 atom stereocenters. The number of unbranched alkanes of at least 4 members (excludes halogenated alkanes) is 2. The van der Waals surface area contributed by atoms with Gasteiger partial charge in [0, 0.05) is 5.25 Å². The second-order valence-electron chi connectivity index (χ2n) is 14.6. The van der Waals surface area contributed by atoms with E-state index in [2.05, 4.69) is 47.6 Å². The molecule has 0 radical (unpaired) electrons. The second-order valence-corrected chi connectivity index (χ2v) is 16.4. The molecule has 3 fully saturated rings.